The summed E-state index contributed by atoms with van der Waals surface area (Å²) in [6.07, 6.45) is 0.0198. The Morgan fingerprint density at radius 1 is 1.22 bits per heavy atom. The first-order chi connectivity index (χ1) is 11.0. The van der Waals surface area contributed by atoms with Crippen LogP contribution in [-0.2, 0) is 11.2 Å². The summed E-state index contributed by atoms with van der Waals surface area (Å²) in [6, 6.07) is 12.3. The summed E-state index contributed by atoms with van der Waals surface area (Å²) in [6.45, 7) is 0. The van der Waals surface area contributed by atoms with Gasteiger partial charge in [0.25, 0.3) is 5.91 Å². The van der Waals surface area contributed by atoms with Gasteiger partial charge in [-0.3, -0.25) is 4.79 Å². The van der Waals surface area contributed by atoms with E-state index in [0.29, 0.717) is 11.1 Å². The van der Waals surface area contributed by atoms with Gasteiger partial charge in [-0.2, -0.15) is 5.26 Å². The molecule has 6 heteroatoms. The first-order valence-corrected chi connectivity index (χ1v) is 6.78. The molecule has 0 fully saturated rings. The van der Waals surface area contributed by atoms with E-state index >= 15 is 0 Å². The smallest absolute Gasteiger partial charge is 0.326 e. The Kier molecular flexibility index (Phi) is 5.05. The number of nitriles is 1. The molecule has 0 aromatic heterocycles. The van der Waals surface area contributed by atoms with E-state index in [-0.39, 0.29) is 12.0 Å². The standard InChI is InChI=1S/C17H13FN2O3/c18-14-6-2-5-13(9-14)16(21)20-15(17(22)23)8-11-3-1-4-12(7-11)10-19/h1-7,9,15H,8H2,(H,20,21)(H,22,23)/t15-/m0/s1. The number of halogens is 1. The fourth-order valence-corrected chi connectivity index (χ4v) is 2.07. The van der Waals surface area contributed by atoms with Crippen molar-refractivity contribution in [1.29, 1.82) is 5.26 Å². The third kappa shape index (κ3) is 4.38. The molecular formula is C17H13FN2O3. The summed E-state index contributed by atoms with van der Waals surface area (Å²) in [5, 5.41) is 20.5. The number of rotatable bonds is 5. The van der Waals surface area contributed by atoms with E-state index in [9.17, 15) is 19.1 Å². The van der Waals surface area contributed by atoms with Crippen molar-refractivity contribution in [3.63, 3.8) is 0 Å². The molecule has 5 nitrogen and oxygen atoms in total. The van der Waals surface area contributed by atoms with Gasteiger partial charge in [-0.25, -0.2) is 9.18 Å². The second kappa shape index (κ2) is 7.18. The Morgan fingerprint density at radius 2 is 1.96 bits per heavy atom. The van der Waals surface area contributed by atoms with E-state index in [4.69, 9.17) is 5.26 Å². The lowest BCUT2D eigenvalue weighted by molar-refractivity contribution is -0.139. The van der Waals surface area contributed by atoms with Gasteiger partial charge in [0, 0.05) is 12.0 Å². The van der Waals surface area contributed by atoms with Crippen LogP contribution in [0.15, 0.2) is 48.5 Å². The van der Waals surface area contributed by atoms with Crippen molar-refractivity contribution in [2.45, 2.75) is 12.5 Å². The van der Waals surface area contributed by atoms with E-state index in [1.807, 2.05) is 6.07 Å². The minimum absolute atomic E-state index is 0.0198. The molecule has 0 saturated heterocycles. The number of carboxylic acids is 1. The molecule has 116 valence electrons. The number of nitrogens with zero attached hydrogens (tertiary/aromatic N) is 1. The molecule has 2 aromatic rings. The van der Waals surface area contributed by atoms with E-state index in [1.54, 1.807) is 24.3 Å². The number of nitrogens with one attached hydrogen (secondary N) is 1. The van der Waals surface area contributed by atoms with Crippen molar-refractivity contribution in [2.24, 2.45) is 0 Å². The van der Waals surface area contributed by atoms with Crippen LogP contribution in [0.2, 0.25) is 0 Å². The first kappa shape index (κ1) is 16.2. The SMILES string of the molecule is N#Cc1cccc(C[C@H](NC(=O)c2cccc(F)c2)C(=O)O)c1. The average Bonchev–Trinajstić information content (AvgIpc) is 2.54. The van der Waals surface area contributed by atoms with Crippen LogP contribution in [0.1, 0.15) is 21.5 Å². The van der Waals surface area contributed by atoms with Crippen LogP contribution in [0.25, 0.3) is 0 Å². The Morgan fingerprint density at radius 3 is 2.61 bits per heavy atom. The van der Waals surface area contributed by atoms with E-state index in [1.165, 1.54) is 18.2 Å². The zero-order valence-corrected chi connectivity index (χ0v) is 12.0. The van der Waals surface area contributed by atoms with E-state index < -0.39 is 23.7 Å². The Bertz CT molecular complexity index is 783. The zero-order valence-electron chi connectivity index (χ0n) is 12.0. The molecular weight excluding hydrogens is 299 g/mol. The number of carbonyl (C=O) groups is 2. The number of benzene rings is 2. The maximum absolute atomic E-state index is 13.1. The van der Waals surface area contributed by atoms with Gasteiger partial charge in [-0.15, -0.1) is 0 Å². The third-order valence-electron chi connectivity index (χ3n) is 3.19. The third-order valence-corrected chi connectivity index (χ3v) is 3.19. The highest BCUT2D eigenvalue weighted by molar-refractivity contribution is 5.96. The summed E-state index contributed by atoms with van der Waals surface area (Å²) >= 11 is 0. The summed E-state index contributed by atoms with van der Waals surface area (Å²) in [7, 11) is 0. The van der Waals surface area contributed by atoms with Crippen molar-refractivity contribution < 1.29 is 19.1 Å². The van der Waals surface area contributed by atoms with Crippen LogP contribution < -0.4 is 5.32 Å². The highest BCUT2D eigenvalue weighted by Gasteiger charge is 2.21. The highest BCUT2D eigenvalue weighted by atomic mass is 19.1. The number of hydrogen-bond donors (Lipinski definition) is 2. The minimum Gasteiger partial charge on any atom is -0.480 e. The van der Waals surface area contributed by atoms with E-state index in [0.717, 1.165) is 6.07 Å². The largest absolute Gasteiger partial charge is 0.480 e. The summed E-state index contributed by atoms with van der Waals surface area (Å²) in [5.74, 6) is -2.46. The fraction of sp³-hybridized carbons (Fsp3) is 0.118. The van der Waals surface area contributed by atoms with Crippen LogP contribution in [0.5, 0.6) is 0 Å². The number of amides is 1. The highest BCUT2D eigenvalue weighted by Crippen LogP contribution is 2.09. The molecule has 0 unspecified atom stereocenters. The summed E-state index contributed by atoms with van der Waals surface area (Å²) in [5.41, 5.74) is 1.06. The topological polar surface area (TPSA) is 90.2 Å². The second-order valence-electron chi connectivity index (χ2n) is 4.89. The Labute approximate surface area is 132 Å². The van der Waals surface area contributed by atoms with Crippen molar-refractivity contribution in [3.8, 4) is 6.07 Å². The maximum Gasteiger partial charge on any atom is 0.326 e. The number of carbonyl (C=O) groups excluding carboxylic acids is 1. The van der Waals surface area contributed by atoms with Crippen LogP contribution in [0, 0.1) is 17.1 Å². The van der Waals surface area contributed by atoms with Gasteiger partial charge in [0.15, 0.2) is 0 Å². The van der Waals surface area contributed by atoms with Gasteiger partial charge in [-0.05, 0) is 35.9 Å². The maximum atomic E-state index is 13.1. The predicted molar refractivity (Wildman–Crippen MR) is 80.2 cm³/mol. The fourth-order valence-electron chi connectivity index (χ4n) is 2.07. The molecule has 1 atom stereocenters. The van der Waals surface area contributed by atoms with Gasteiger partial charge in [0.1, 0.15) is 11.9 Å². The van der Waals surface area contributed by atoms with Gasteiger partial charge in [0.05, 0.1) is 11.6 Å². The molecule has 0 aliphatic heterocycles. The molecule has 1 amide bonds. The lowest BCUT2D eigenvalue weighted by Crippen LogP contribution is -2.42. The Balaban J connectivity index is 2.14. The van der Waals surface area contributed by atoms with E-state index in [2.05, 4.69) is 5.32 Å². The first-order valence-electron chi connectivity index (χ1n) is 6.78. The molecule has 0 bridgehead atoms. The normalized spacial score (nSPS) is 11.3. The van der Waals surface area contributed by atoms with Crippen molar-refractivity contribution in [3.05, 3.63) is 71.0 Å². The number of hydrogen-bond acceptors (Lipinski definition) is 3. The zero-order chi connectivity index (χ0) is 16.8. The van der Waals surface area contributed by atoms with Crippen molar-refractivity contribution in [1.82, 2.24) is 5.32 Å². The van der Waals surface area contributed by atoms with Crippen molar-refractivity contribution in [2.75, 3.05) is 0 Å². The molecule has 0 heterocycles. The molecule has 0 aliphatic rings. The van der Waals surface area contributed by atoms with Crippen LogP contribution in [0.4, 0.5) is 4.39 Å². The lowest BCUT2D eigenvalue weighted by atomic mass is 10.0. The van der Waals surface area contributed by atoms with Gasteiger partial charge in [0.2, 0.25) is 0 Å². The number of aliphatic carboxylic acids is 1. The van der Waals surface area contributed by atoms with Crippen molar-refractivity contribution >= 4 is 11.9 Å². The lowest BCUT2D eigenvalue weighted by Gasteiger charge is -2.15. The molecule has 2 rings (SSSR count). The van der Waals surface area contributed by atoms with Gasteiger partial charge in [-0.1, -0.05) is 18.2 Å². The Hall–Kier alpha value is -3.20. The predicted octanol–water partition coefficient (Wildman–Crippen LogP) is 2.12. The monoisotopic (exact) mass is 312 g/mol. The van der Waals surface area contributed by atoms with Crippen LogP contribution in [-0.4, -0.2) is 23.0 Å². The van der Waals surface area contributed by atoms with Gasteiger partial charge >= 0.3 is 5.97 Å². The van der Waals surface area contributed by atoms with Crippen LogP contribution >= 0.6 is 0 Å². The molecule has 0 radical (unpaired) electrons. The van der Waals surface area contributed by atoms with Gasteiger partial charge < -0.3 is 10.4 Å². The number of carboxylic acid groups (broad SMARTS) is 1. The van der Waals surface area contributed by atoms with Crippen LogP contribution in [0.3, 0.4) is 0 Å². The molecule has 0 aliphatic carbocycles. The summed E-state index contributed by atoms with van der Waals surface area (Å²) in [4.78, 5) is 23.4. The molecule has 0 saturated carbocycles. The second-order valence-corrected chi connectivity index (χ2v) is 4.89. The molecule has 0 spiro atoms. The quantitative estimate of drug-likeness (QED) is 0.885. The minimum atomic E-state index is -1.21. The summed E-state index contributed by atoms with van der Waals surface area (Å²) < 4.78 is 13.1. The average molecular weight is 312 g/mol. The molecule has 2 N–H and O–H groups in total. The molecule has 23 heavy (non-hydrogen) atoms. The molecule has 2 aromatic carbocycles.